The molecule has 1 unspecified atom stereocenters. The van der Waals surface area contributed by atoms with Gasteiger partial charge in [-0.15, -0.1) is 0 Å². The second kappa shape index (κ2) is 4.70. The van der Waals surface area contributed by atoms with Gasteiger partial charge in [0.25, 0.3) is 0 Å². The van der Waals surface area contributed by atoms with Gasteiger partial charge >= 0.3 is 0 Å². The van der Waals surface area contributed by atoms with E-state index in [2.05, 4.69) is 5.32 Å². The number of nitrogens with one attached hydrogen (secondary N) is 1. The maximum atomic E-state index is 9.19. The first-order chi connectivity index (χ1) is 5.33. The molecule has 1 rings (SSSR count). The first kappa shape index (κ1) is 8.97. The Hall–Kier alpha value is -0.120. The molecule has 0 aromatic carbocycles. The third kappa shape index (κ3) is 4.35. The van der Waals surface area contributed by atoms with Crippen molar-refractivity contribution >= 4 is 0 Å². The second-order valence-electron chi connectivity index (χ2n) is 3.21. The average molecular weight is 159 g/mol. The van der Waals surface area contributed by atoms with Crippen molar-refractivity contribution in [1.82, 2.24) is 5.32 Å². The first-order valence-corrected chi connectivity index (χ1v) is 4.20. The Morgan fingerprint density at radius 1 is 1.64 bits per heavy atom. The zero-order valence-electron chi connectivity index (χ0n) is 7.05. The quantitative estimate of drug-likeness (QED) is 0.573. The van der Waals surface area contributed by atoms with Crippen LogP contribution >= 0.6 is 0 Å². The average Bonchev–Trinajstić information content (AvgIpc) is 2.72. The van der Waals surface area contributed by atoms with Crippen molar-refractivity contribution in [1.29, 1.82) is 0 Å². The van der Waals surface area contributed by atoms with Crippen molar-refractivity contribution in [2.24, 2.45) is 5.92 Å². The molecule has 0 bridgehead atoms. The van der Waals surface area contributed by atoms with E-state index < -0.39 is 0 Å². The summed E-state index contributed by atoms with van der Waals surface area (Å²) in [4.78, 5) is 0. The normalized spacial score (nSPS) is 20.2. The van der Waals surface area contributed by atoms with Crippen LogP contribution in [0.3, 0.4) is 0 Å². The molecule has 0 aliphatic heterocycles. The Morgan fingerprint density at radius 2 is 2.36 bits per heavy atom. The van der Waals surface area contributed by atoms with E-state index in [4.69, 9.17) is 4.74 Å². The second-order valence-corrected chi connectivity index (χ2v) is 3.21. The molecule has 0 radical (unpaired) electrons. The number of hydrogen-bond acceptors (Lipinski definition) is 3. The molecular formula is C8H17NO2. The Morgan fingerprint density at radius 3 is 2.91 bits per heavy atom. The molecule has 1 aliphatic rings. The van der Waals surface area contributed by atoms with Gasteiger partial charge in [-0.3, -0.25) is 0 Å². The van der Waals surface area contributed by atoms with Gasteiger partial charge in [0.05, 0.1) is 12.7 Å². The number of rotatable bonds is 6. The van der Waals surface area contributed by atoms with Gasteiger partial charge in [-0.2, -0.15) is 0 Å². The zero-order chi connectivity index (χ0) is 8.10. The minimum absolute atomic E-state index is 0.348. The molecule has 0 aromatic heterocycles. The molecule has 1 saturated carbocycles. The van der Waals surface area contributed by atoms with Gasteiger partial charge in [0, 0.05) is 13.7 Å². The van der Waals surface area contributed by atoms with Crippen LogP contribution in [0.15, 0.2) is 0 Å². The lowest BCUT2D eigenvalue weighted by atomic mass is 10.3. The first-order valence-electron chi connectivity index (χ1n) is 4.20. The molecule has 0 aromatic rings. The summed E-state index contributed by atoms with van der Waals surface area (Å²) in [6.45, 7) is 2.14. The molecule has 11 heavy (non-hydrogen) atoms. The van der Waals surface area contributed by atoms with Gasteiger partial charge in [-0.1, -0.05) is 0 Å². The summed E-state index contributed by atoms with van der Waals surface area (Å²) in [6, 6.07) is 0. The van der Waals surface area contributed by atoms with E-state index in [9.17, 15) is 5.11 Å². The summed E-state index contributed by atoms with van der Waals surface area (Å²) >= 11 is 0. The van der Waals surface area contributed by atoms with Crippen LogP contribution in [0.1, 0.15) is 12.8 Å². The van der Waals surface area contributed by atoms with Crippen LogP contribution in [0, 0.1) is 5.92 Å². The van der Waals surface area contributed by atoms with Gasteiger partial charge in [-0.05, 0) is 25.3 Å². The lowest BCUT2D eigenvalue weighted by molar-refractivity contribution is 0.0645. The van der Waals surface area contributed by atoms with Gasteiger partial charge in [0.15, 0.2) is 0 Å². The predicted molar refractivity (Wildman–Crippen MR) is 43.5 cm³/mol. The summed E-state index contributed by atoms with van der Waals surface area (Å²) in [5.74, 6) is 0.879. The van der Waals surface area contributed by atoms with Gasteiger partial charge < -0.3 is 15.2 Å². The van der Waals surface area contributed by atoms with Crippen LogP contribution in [0.2, 0.25) is 0 Å². The van der Waals surface area contributed by atoms with E-state index >= 15 is 0 Å². The van der Waals surface area contributed by atoms with Crippen LogP contribution in [0.5, 0.6) is 0 Å². The maximum Gasteiger partial charge on any atom is 0.0897 e. The Bertz CT molecular complexity index is 104. The van der Waals surface area contributed by atoms with Crippen molar-refractivity contribution in [3.05, 3.63) is 0 Å². The third-order valence-corrected chi connectivity index (χ3v) is 1.87. The van der Waals surface area contributed by atoms with Crippen molar-refractivity contribution in [2.75, 3.05) is 26.8 Å². The van der Waals surface area contributed by atoms with Crippen LogP contribution in [0.25, 0.3) is 0 Å². The molecule has 66 valence electrons. The van der Waals surface area contributed by atoms with Gasteiger partial charge in [0.2, 0.25) is 0 Å². The molecule has 0 saturated heterocycles. The van der Waals surface area contributed by atoms with E-state index in [-0.39, 0.29) is 6.10 Å². The standard InChI is InChI=1S/C8H17NO2/c1-11-6-8(10)5-9-4-7-2-3-7/h7-10H,2-6H2,1H3. The number of aliphatic hydroxyl groups excluding tert-OH is 1. The Balaban J connectivity index is 1.84. The van der Waals surface area contributed by atoms with Crippen LogP contribution < -0.4 is 5.32 Å². The molecule has 3 nitrogen and oxygen atoms in total. The number of ether oxygens (including phenoxy) is 1. The van der Waals surface area contributed by atoms with Crippen LogP contribution in [-0.2, 0) is 4.74 Å². The minimum Gasteiger partial charge on any atom is -0.389 e. The third-order valence-electron chi connectivity index (χ3n) is 1.87. The fourth-order valence-electron chi connectivity index (χ4n) is 1.03. The van der Waals surface area contributed by atoms with Crippen molar-refractivity contribution in [3.63, 3.8) is 0 Å². The van der Waals surface area contributed by atoms with E-state index in [1.165, 1.54) is 12.8 Å². The van der Waals surface area contributed by atoms with Crippen LogP contribution in [0.4, 0.5) is 0 Å². The topological polar surface area (TPSA) is 41.5 Å². The summed E-state index contributed by atoms with van der Waals surface area (Å²) in [7, 11) is 1.60. The van der Waals surface area contributed by atoms with E-state index in [1.54, 1.807) is 7.11 Å². The minimum atomic E-state index is -0.348. The summed E-state index contributed by atoms with van der Waals surface area (Å²) in [5.41, 5.74) is 0. The molecule has 2 N–H and O–H groups in total. The van der Waals surface area contributed by atoms with Crippen molar-refractivity contribution in [2.45, 2.75) is 18.9 Å². The van der Waals surface area contributed by atoms with Crippen LogP contribution in [-0.4, -0.2) is 38.0 Å². The summed E-state index contributed by atoms with van der Waals surface area (Å²) < 4.78 is 4.79. The molecule has 1 aliphatic carbocycles. The highest BCUT2D eigenvalue weighted by atomic mass is 16.5. The largest absolute Gasteiger partial charge is 0.389 e. The predicted octanol–water partition coefficient (Wildman–Crippen LogP) is -0.00670. The SMILES string of the molecule is COCC(O)CNCC1CC1. The molecule has 1 fully saturated rings. The fraction of sp³-hybridized carbons (Fsp3) is 1.00. The monoisotopic (exact) mass is 159 g/mol. The number of hydrogen-bond donors (Lipinski definition) is 2. The highest BCUT2D eigenvalue weighted by Gasteiger charge is 2.20. The maximum absolute atomic E-state index is 9.19. The van der Waals surface area contributed by atoms with Gasteiger partial charge in [-0.25, -0.2) is 0 Å². The number of methoxy groups -OCH3 is 1. The highest BCUT2D eigenvalue weighted by molar-refractivity contribution is 4.75. The lowest BCUT2D eigenvalue weighted by Crippen LogP contribution is -2.31. The molecular weight excluding hydrogens is 142 g/mol. The lowest BCUT2D eigenvalue weighted by Gasteiger charge is -2.09. The Labute approximate surface area is 67.7 Å². The molecule has 0 heterocycles. The van der Waals surface area contributed by atoms with Gasteiger partial charge in [0.1, 0.15) is 0 Å². The van der Waals surface area contributed by atoms with E-state index in [0.29, 0.717) is 13.2 Å². The number of aliphatic hydroxyl groups is 1. The smallest absolute Gasteiger partial charge is 0.0897 e. The van der Waals surface area contributed by atoms with E-state index in [1.807, 2.05) is 0 Å². The highest BCUT2D eigenvalue weighted by Crippen LogP contribution is 2.27. The zero-order valence-corrected chi connectivity index (χ0v) is 7.05. The summed E-state index contributed by atoms with van der Waals surface area (Å²) in [6.07, 6.45) is 2.36. The summed E-state index contributed by atoms with van der Waals surface area (Å²) in [5, 5.41) is 12.4. The van der Waals surface area contributed by atoms with E-state index in [0.717, 1.165) is 12.5 Å². The molecule has 1 atom stereocenters. The Kier molecular flexibility index (Phi) is 3.83. The molecule has 3 heteroatoms. The van der Waals surface area contributed by atoms with Crippen molar-refractivity contribution in [3.8, 4) is 0 Å². The fourth-order valence-corrected chi connectivity index (χ4v) is 1.03. The molecule has 0 amide bonds. The molecule has 0 spiro atoms. The van der Waals surface area contributed by atoms with Crippen molar-refractivity contribution < 1.29 is 9.84 Å².